The first kappa shape index (κ1) is 25.9. The van der Waals surface area contributed by atoms with Gasteiger partial charge in [0.25, 0.3) is 0 Å². The number of amides is 1. The second-order valence-electron chi connectivity index (χ2n) is 7.38. The van der Waals surface area contributed by atoms with Gasteiger partial charge in [0.15, 0.2) is 23.0 Å². The summed E-state index contributed by atoms with van der Waals surface area (Å²) in [6.45, 7) is 1.95. The standard InChI is InChI=1S/C26H29NO7S/c1-6-34-26(29)24-18(17-9-11-20(31-3)22(14-17)33-5)15-35-25(24)27-23(28)12-8-16-7-10-19(30-2)21(13-16)32-4/h7,9-11,13-15H,6,8,12H2,1-5H3,(H,27,28). The molecule has 0 bridgehead atoms. The van der Waals surface area contributed by atoms with Crippen molar-refractivity contribution in [3.8, 4) is 34.1 Å². The van der Waals surface area contributed by atoms with E-state index in [9.17, 15) is 9.59 Å². The normalized spacial score (nSPS) is 10.4. The fraction of sp³-hybridized carbons (Fsp3) is 0.308. The Morgan fingerprint density at radius 3 is 2.11 bits per heavy atom. The molecule has 0 aliphatic carbocycles. The molecule has 1 amide bonds. The van der Waals surface area contributed by atoms with Gasteiger partial charge in [0.1, 0.15) is 10.6 Å². The second-order valence-corrected chi connectivity index (χ2v) is 8.26. The second kappa shape index (κ2) is 12.1. The number of aryl methyl sites for hydroxylation is 1. The summed E-state index contributed by atoms with van der Waals surface area (Å²) < 4.78 is 26.6. The third kappa shape index (κ3) is 6.05. The molecule has 3 aromatic rings. The van der Waals surface area contributed by atoms with E-state index in [0.717, 1.165) is 11.1 Å². The lowest BCUT2D eigenvalue weighted by Crippen LogP contribution is -2.15. The number of ether oxygens (including phenoxy) is 5. The number of benzene rings is 2. The fourth-order valence-electron chi connectivity index (χ4n) is 3.56. The topological polar surface area (TPSA) is 92.3 Å². The minimum absolute atomic E-state index is 0.215. The quantitative estimate of drug-likeness (QED) is 0.363. The Hall–Kier alpha value is -3.72. The molecule has 0 saturated carbocycles. The summed E-state index contributed by atoms with van der Waals surface area (Å²) in [7, 11) is 6.24. The SMILES string of the molecule is CCOC(=O)c1c(-c2ccc(OC)c(OC)c2)csc1NC(=O)CCc1ccc(OC)c(OC)c1. The maximum Gasteiger partial charge on any atom is 0.341 e. The van der Waals surface area contributed by atoms with Gasteiger partial charge in [-0.25, -0.2) is 4.79 Å². The Labute approximate surface area is 208 Å². The van der Waals surface area contributed by atoms with Crippen LogP contribution >= 0.6 is 11.3 Å². The molecule has 2 aromatic carbocycles. The molecule has 1 heterocycles. The first-order valence-electron chi connectivity index (χ1n) is 11.0. The summed E-state index contributed by atoms with van der Waals surface area (Å²) in [6, 6.07) is 10.9. The van der Waals surface area contributed by atoms with Gasteiger partial charge < -0.3 is 29.0 Å². The first-order valence-corrected chi connectivity index (χ1v) is 11.8. The minimum atomic E-state index is -0.506. The lowest BCUT2D eigenvalue weighted by molar-refractivity contribution is -0.116. The molecule has 0 fully saturated rings. The zero-order valence-electron chi connectivity index (χ0n) is 20.4. The van der Waals surface area contributed by atoms with E-state index in [1.54, 1.807) is 53.6 Å². The van der Waals surface area contributed by atoms with Gasteiger partial charge in [0.05, 0.1) is 35.0 Å². The van der Waals surface area contributed by atoms with E-state index in [1.165, 1.54) is 11.3 Å². The number of hydrogen-bond acceptors (Lipinski definition) is 8. The van der Waals surface area contributed by atoms with E-state index in [2.05, 4.69) is 5.32 Å². The molecule has 1 aromatic heterocycles. The predicted octanol–water partition coefficient (Wildman–Crippen LogP) is 5.20. The molecule has 0 spiro atoms. The number of thiophene rings is 1. The number of carbonyl (C=O) groups excluding carboxylic acids is 2. The molecule has 186 valence electrons. The highest BCUT2D eigenvalue weighted by molar-refractivity contribution is 7.15. The van der Waals surface area contributed by atoms with Crippen LogP contribution in [-0.2, 0) is 16.0 Å². The van der Waals surface area contributed by atoms with Crippen LogP contribution in [0.15, 0.2) is 41.8 Å². The van der Waals surface area contributed by atoms with Crippen LogP contribution in [-0.4, -0.2) is 46.9 Å². The highest BCUT2D eigenvalue weighted by Crippen LogP contribution is 2.39. The van der Waals surface area contributed by atoms with Crippen molar-refractivity contribution in [2.75, 3.05) is 40.4 Å². The van der Waals surface area contributed by atoms with Gasteiger partial charge in [-0.05, 0) is 48.7 Å². The molecule has 35 heavy (non-hydrogen) atoms. The van der Waals surface area contributed by atoms with Crippen molar-refractivity contribution in [2.45, 2.75) is 19.8 Å². The van der Waals surface area contributed by atoms with Gasteiger partial charge >= 0.3 is 5.97 Å². The number of esters is 1. The first-order chi connectivity index (χ1) is 16.9. The van der Waals surface area contributed by atoms with Crippen molar-refractivity contribution < 1.29 is 33.3 Å². The van der Waals surface area contributed by atoms with Crippen molar-refractivity contribution in [2.24, 2.45) is 0 Å². The van der Waals surface area contributed by atoms with Crippen LogP contribution in [0, 0.1) is 0 Å². The molecule has 0 radical (unpaired) electrons. The lowest BCUT2D eigenvalue weighted by Gasteiger charge is -2.12. The summed E-state index contributed by atoms with van der Waals surface area (Å²) in [6.07, 6.45) is 0.718. The molecule has 1 N–H and O–H groups in total. The van der Waals surface area contributed by atoms with Crippen molar-refractivity contribution in [3.63, 3.8) is 0 Å². The summed E-state index contributed by atoms with van der Waals surface area (Å²) in [4.78, 5) is 25.6. The van der Waals surface area contributed by atoms with Gasteiger partial charge in [-0.15, -0.1) is 11.3 Å². The predicted molar refractivity (Wildman–Crippen MR) is 135 cm³/mol. The molecule has 8 nitrogen and oxygen atoms in total. The Bertz CT molecular complexity index is 1190. The van der Waals surface area contributed by atoms with Gasteiger partial charge in [0, 0.05) is 17.4 Å². The third-order valence-electron chi connectivity index (χ3n) is 5.31. The van der Waals surface area contributed by atoms with E-state index in [1.807, 2.05) is 23.6 Å². The maximum atomic E-state index is 12.8. The van der Waals surface area contributed by atoms with Crippen molar-refractivity contribution in [3.05, 3.63) is 52.9 Å². The number of nitrogens with one attached hydrogen (secondary N) is 1. The Kier molecular flexibility index (Phi) is 8.97. The Morgan fingerprint density at radius 2 is 1.49 bits per heavy atom. The number of methoxy groups -OCH3 is 4. The van der Waals surface area contributed by atoms with E-state index in [-0.39, 0.29) is 18.9 Å². The van der Waals surface area contributed by atoms with Crippen LogP contribution in [0.5, 0.6) is 23.0 Å². The van der Waals surface area contributed by atoms with Crippen LogP contribution in [0.25, 0.3) is 11.1 Å². The molecule has 0 atom stereocenters. The van der Waals surface area contributed by atoms with Crippen LogP contribution in [0.1, 0.15) is 29.3 Å². The molecule has 0 aliphatic rings. The Balaban J connectivity index is 1.82. The number of anilines is 1. The molecule has 0 saturated heterocycles. The highest BCUT2D eigenvalue weighted by atomic mass is 32.1. The zero-order chi connectivity index (χ0) is 25.4. The monoisotopic (exact) mass is 499 g/mol. The summed E-state index contributed by atoms with van der Waals surface area (Å²) in [5, 5.41) is 5.13. The summed E-state index contributed by atoms with van der Waals surface area (Å²) in [5.41, 5.74) is 2.63. The van der Waals surface area contributed by atoms with Crippen LogP contribution in [0.3, 0.4) is 0 Å². The van der Waals surface area contributed by atoms with E-state index in [0.29, 0.717) is 45.5 Å². The maximum absolute atomic E-state index is 12.8. The van der Waals surface area contributed by atoms with Gasteiger partial charge in [-0.3, -0.25) is 4.79 Å². The van der Waals surface area contributed by atoms with Gasteiger partial charge in [-0.1, -0.05) is 12.1 Å². The number of hydrogen-bond donors (Lipinski definition) is 1. The largest absolute Gasteiger partial charge is 0.493 e. The average molecular weight is 500 g/mol. The average Bonchev–Trinajstić information content (AvgIpc) is 3.30. The third-order valence-corrected chi connectivity index (χ3v) is 6.20. The molecule has 0 unspecified atom stereocenters. The smallest absolute Gasteiger partial charge is 0.341 e. The van der Waals surface area contributed by atoms with Crippen molar-refractivity contribution in [1.29, 1.82) is 0 Å². The van der Waals surface area contributed by atoms with E-state index < -0.39 is 5.97 Å². The molecule has 9 heteroatoms. The van der Waals surface area contributed by atoms with Gasteiger partial charge in [-0.2, -0.15) is 0 Å². The van der Waals surface area contributed by atoms with E-state index in [4.69, 9.17) is 23.7 Å². The minimum Gasteiger partial charge on any atom is -0.493 e. The highest BCUT2D eigenvalue weighted by Gasteiger charge is 2.23. The van der Waals surface area contributed by atoms with Crippen molar-refractivity contribution >= 4 is 28.2 Å². The molecule has 0 aliphatic heterocycles. The van der Waals surface area contributed by atoms with E-state index >= 15 is 0 Å². The molecular formula is C26H29NO7S. The van der Waals surface area contributed by atoms with Crippen LogP contribution in [0.4, 0.5) is 5.00 Å². The number of carbonyl (C=O) groups is 2. The number of rotatable bonds is 11. The van der Waals surface area contributed by atoms with Crippen molar-refractivity contribution in [1.82, 2.24) is 0 Å². The van der Waals surface area contributed by atoms with Crippen LogP contribution in [0.2, 0.25) is 0 Å². The summed E-state index contributed by atoms with van der Waals surface area (Å²) >= 11 is 1.27. The Morgan fingerprint density at radius 1 is 0.857 bits per heavy atom. The van der Waals surface area contributed by atoms with Crippen LogP contribution < -0.4 is 24.3 Å². The van der Waals surface area contributed by atoms with Gasteiger partial charge in [0.2, 0.25) is 5.91 Å². The summed E-state index contributed by atoms with van der Waals surface area (Å²) in [5.74, 6) is 1.62. The molecular weight excluding hydrogens is 470 g/mol. The lowest BCUT2D eigenvalue weighted by atomic mass is 10.0. The molecule has 3 rings (SSSR count). The zero-order valence-corrected chi connectivity index (χ0v) is 21.2. The fourth-order valence-corrected chi connectivity index (χ4v) is 4.53.